The number of carbonyl (C=O) groups excluding carboxylic acids is 6. The summed E-state index contributed by atoms with van der Waals surface area (Å²) in [5, 5.41) is 58.0. The second-order valence-corrected chi connectivity index (χ2v) is 19.3. The van der Waals surface area contributed by atoms with Crippen LogP contribution in [0.25, 0.3) is 0 Å². The number of aliphatic carboxylic acids is 4. The number of thiol groups is 1. The molecule has 0 aromatic heterocycles. The third-order valence-electron chi connectivity index (χ3n) is 11.3. The van der Waals surface area contributed by atoms with Gasteiger partial charge < -0.3 is 68.7 Å². The molecule has 0 bridgehead atoms. The first kappa shape index (κ1) is 61.3. The van der Waals surface area contributed by atoms with Crippen molar-refractivity contribution in [2.24, 2.45) is 11.1 Å². The Labute approximate surface area is 423 Å². The maximum absolute atomic E-state index is 14.3. The number of benzene rings is 2. The molecule has 24 heteroatoms. The Bertz CT molecular complexity index is 2170. The Morgan fingerprint density at radius 3 is 1.60 bits per heavy atom. The Kier molecular flexibility index (Phi) is 25.7. The lowest BCUT2D eigenvalue weighted by Gasteiger charge is -2.33. The van der Waals surface area contributed by atoms with Crippen molar-refractivity contribution < 1.29 is 68.4 Å². The van der Waals surface area contributed by atoms with Crippen molar-refractivity contribution in [1.29, 1.82) is 0 Å². The van der Waals surface area contributed by atoms with Crippen LogP contribution in [0.3, 0.4) is 0 Å². The van der Waals surface area contributed by atoms with E-state index in [-0.39, 0.29) is 31.4 Å². The fourth-order valence-corrected chi connectivity index (χ4v) is 7.07. The Morgan fingerprint density at radius 1 is 0.597 bits per heavy atom. The highest BCUT2D eigenvalue weighted by Crippen LogP contribution is 2.26. The average Bonchev–Trinajstić information content (AvgIpc) is 3.30. The second kappa shape index (κ2) is 30.2. The first-order valence-corrected chi connectivity index (χ1v) is 24.0. The molecule has 23 nitrogen and oxygen atoms in total. The zero-order chi connectivity index (χ0) is 54.2. The normalized spacial score (nSPS) is 14.3. The highest BCUT2D eigenvalue weighted by Gasteiger charge is 2.32. The van der Waals surface area contributed by atoms with Gasteiger partial charge in [-0.05, 0) is 69.4 Å². The molecule has 2 aromatic carbocycles. The lowest BCUT2D eigenvalue weighted by Crippen LogP contribution is -2.58. The molecule has 0 radical (unpaired) electrons. The SMILES string of the molecule is C[C@@H](CS)NC(=O)[C@H](CC(=O)O)NC(=O)[C@@H](N)CNC(=O)C(Cc1ccccc1)NC(=O)C(Cc1ccccc1)NCC(C)(C)CCC(C)(C)NC(=O)CC[C@H](NC(=O)N[C@@H](CCC(=O)O)C(=O)O)C(=O)O. The number of carboxylic acids is 4. The van der Waals surface area contributed by atoms with E-state index in [0.29, 0.717) is 24.9 Å². The monoisotopic (exact) mass is 1030 g/mol. The Balaban J connectivity index is 2.14. The summed E-state index contributed by atoms with van der Waals surface area (Å²) < 4.78 is 0. The van der Waals surface area contributed by atoms with Crippen molar-refractivity contribution in [2.75, 3.05) is 18.8 Å². The number of urea groups is 1. The van der Waals surface area contributed by atoms with Crippen LogP contribution >= 0.6 is 12.6 Å². The zero-order valence-electron chi connectivity index (χ0n) is 41.2. The third kappa shape index (κ3) is 24.4. The highest BCUT2D eigenvalue weighted by molar-refractivity contribution is 7.80. The van der Waals surface area contributed by atoms with Gasteiger partial charge in [-0.3, -0.25) is 33.6 Å². The topological polar surface area (TPSA) is 374 Å². The molecule has 2 unspecified atom stereocenters. The predicted molar refractivity (Wildman–Crippen MR) is 266 cm³/mol. The smallest absolute Gasteiger partial charge is 0.326 e. The summed E-state index contributed by atoms with van der Waals surface area (Å²) in [5.74, 6) is -8.69. The van der Waals surface area contributed by atoms with E-state index in [0.717, 1.165) is 5.56 Å². The third-order valence-corrected chi connectivity index (χ3v) is 11.8. The van der Waals surface area contributed by atoms with E-state index in [1.165, 1.54) is 0 Å². The van der Waals surface area contributed by atoms with E-state index in [4.69, 9.17) is 10.8 Å². The molecule has 7 atom stereocenters. The molecule has 72 heavy (non-hydrogen) atoms. The number of nitrogens with one attached hydrogen (secondary N) is 8. The van der Waals surface area contributed by atoms with Gasteiger partial charge in [0.05, 0.1) is 12.5 Å². The van der Waals surface area contributed by atoms with E-state index in [1.807, 2.05) is 49.5 Å². The molecule has 0 aliphatic rings. The minimum absolute atomic E-state index is 0.0561. The van der Waals surface area contributed by atoms with Crippen molar-refractivity contribution in [1.82, 2.24) is 42.5 Å². The van der Waals surface area contributed by atoms with Gasteiger partial charge in [0.25, 0.3) is 0 Å². The van der Waals surface area contributed by atoms with Crippen molar-refractivity contribution >= 4 is 72.1 Å². The van der Waals surface area contributed by atoms with Crippen molar-refractivity contribution in [2.45, 2.75) is 140 Å². The van der Waals surface area contributed by atoms with E-state index >= 15 is 0 Å². The van der Waals surface area contributed by atoms with Crippen LogP contribution in [0.15, 0.2) is 60.7 Å². The average molecular weight is 1030 g/mol. The van der Waals surface area contributed by atoms with Gasteiger partial charge in [0.2, 0.25) is 29.5 Å². The number of nitrogens with two attached hydrogens (primary N) is 1. The van der Waals surface area contributed by atoms with Crippen LogP contribution in [0.5, 0.6) is 0 Å². The standard InChI is InChI=1S/C48H71N9O14S/c1-28(26-72)52-43(66)36(24-39(61)62)53-40(63)31(49)25-50-41(64)35(23-30-14-10-7-11-15-30)54-42(65)34(22-29-12-8-6-9-13-29)51-27-47(2,3)20-21-48(4,5)57-37(58)18-16-32(44(67)68)55-46(71)56-33(45(69)70)17-19-38(59)60/h6-15,28,31-36,51,72H,16-27,49H2,1-5H3,(H,50,64)(H,52,66)(H,53,63)(H,54,65)(H,57,58)(H,59,60)(H,61,62)(H,67,68)(H,69,70)(H2,55,56,71)/t28-,31-,32-,33-,34?,35?,36-/m0/s1. The molecule has 0 saturated heterocycles. The van der Waals surface area contributed by atoms with Crippen molar-refractivity contribution in [3.63, 3.8) is 0 Å². The van der Waals surface area contributed by atoms with Crippen LogP contribution in [-0.2, 0) is 56.0 Å². The van der Waals surface area contributed by atoms with E-state index in [2.05, 4.69) is 49.8 Å². The number of hydrogen-bond donors (Lipinski definition) is 14. The number of hydrogen-bond acceptors (Lipinski definition) is 13. The number of rotatable bonds is 33. The maximum Gasteiger partial charge on any atom is 0.326 e. The summed E-state index contributed by atoms with van der Waals surface area (Å²) >= 11 is 4.10. The van der Waals surface area contributed by atoms with Crippen LogP contribution in [0.1, 0.15) is 90.7 Å². The minimum atomic E-state index is -1.59. The molecule has 14 N–H and O–H groups in total. The van der Waals surface area contributed by atoms with E-state index in [9.17, 15) is 63.3 Å². The summed E-state index contributed by atoms with van der Waals surface area (Å²) in [6, 6.07) is 8.48. The van der Waals surface area contributed by atoms with Crippen LogP contribution in [-0.4, -0.2) is 147 Å². The molecule has 398 valence electrons. The van der Waals surface area contributed by atoms with Gasteiger partial charge in [-0.15, -0.1) is 0 Å². The second-order valence-electron chi connectivity index (χ2n) is 18.9. The summed E-state index contributed by atoms with van der Waals surface area (Å²) in [7, 11) is 0. The molecule has 0 aliphatic carbocycles. The lowest BCUT2D eigenvalue weighted by molar-refractivity contribution is -0.141. The van der Waals surface area contributed by atoms with Crippen molar-refractivity contribution in [3.05, 3.63) is 71.8 Å². The number of carbonyl (C=O) groups is 10. The highest BCUT2D eigenvalue weighted by atomic mass is 32.1. The molecule has 0 saturated carbocycles. The van der Waals surface area contributed by atoms with Gasteiger partial charge in [-0.25, -0.2) is 14.4 Å². The van der Waals surface area contributed by atoms with Crippen LogP contribution < -0.4 is 48.3 Å². The summed E-state index contributed by atoms with van der Waals surface area (Å²) in [6.07, 6.45) is -1.14. The summed E-state index contributed by atoms with van der Waals surface area (Å²) in [6.45, 7) is 9.00. The minimum Gasteiger partial charge on any atom is -0.481 e. The molecule has 0 aliphatic heterocycles. The predicted octanol–water partition coefficient (Wildman–Crippen LogP) is 0.304. The van der Waals surface area contributed by atoms with Crippen LogP contribution in [0.2, 0.25) is 0 Å². The molecule has 7 amide bonds. The van der Waals surface area contributed by atoms with Crippen LogP contribution in [0.4, 0.5) is 4.79 Å². The molecule has 0 heterocycles. The maximum atomic E-state index is 14.3. The van der Waals surface area contributed by atoms with Gasteiger partial charge in [0.15, 0.2) is 0 Å². The van der Waals surface area contributed by atoms with Gasteiger partial charge in [-0.1, -0.05) is 74.5 Å². The molecule has 0 fully saturated rings. The van der Waals surface area contributed by atoms with Gasteiger partial charge >= 0.3 is 29.9 Å². The lowest BCUT2D eigenvalue weighted by atomic mass is 9.82. The fraction of sp³-hybridized carbons (Fsp3) is 0.542. The van der Waals surface area contributed by atoms with Crippen LogP contribution in [0, 0.1) is 5.41 Å². The summed E-state index contributed by atoms with van der Waals surface area (Å²) in [5.41, 5.74) is 6.34. The first-order valence-electron chi connectivity index (χ1n) is 23.3. The molecule has 2 aromatic rings. The zero-order valence-corrected chi connectivity index (χ0v) is 42.1. The molecular weight excluding hydrogens is 959 g/mol. The van der Waals surface area contributed by atoms with E-state index < -0.39 is 138 Å². The quantitative estimate of drug-likeness (QED) is 0.0428. The van der Waals surface area contributed by atoms with Gasteiger partial charge in [0.1, 0.15) is 30.2 Å². The van der Waals surface area contributed by atoms with Gasteiger partial charge in [-0.2, -0.15) is 12.6 Å². The number of carboxylic acid groups (broad SMARTS) is 4. The largest absolute Gasteiger partial charge is 0.481 e. The van der Waals surface area contributed by atoms with Gasteiger partial charge in [0, 0.05) is 49.7 Å². The molecular formula is C48H71N9O14S. The molecule has 2 rings (SSSR count). The number of amides is 7. The summed E-state index contributed by atoms with van der Waals surface area (Å²) in [4.78, 5) is 125. The van der Waals surface area contributed by atoms with Crippen molar-refractivity contribution in [3.8, 4) is 0 Å². The molecule has 0 spiro atoms. The Morgan fingerprint density at radius 2 is 1.10 bits per heavy atom. The van der Waals surface area contributed by atoms with E-state index in [1.54, 1.807) is 51.1 Å². The Hall–Kier alpha value is -6.79. The first-order chi connectivity index (χ1) is 33.7. The fourth-order valence-electron chi connectivity index (χ4n) is 6.97.